The Hall–Kier alpha value is -2.71. The average molecular weight is 416 g/mol. The predicted molar refractivity (Wildman–Crippen MR) is 112 cm³/mol. The van der Waals surface area contributed by atoms with Gasteiger partial charge in [-0.3, -0.25) is 4.79 Å². The first-order valence-corrected chi connectivity index (χ1v) is 11.0. The number of sulfonamides is 1. The van der Waals surface area contributed by atoms with Crippen LogP contribution < -0.4 is 5.32 Å². The van der Waals surface area contributed by atoms with Crippen LogP contribution >= 0.6 is 0 Å². The second kappa shape index (κ2) is 9.67. The lowest BCUT2D eigenvalue weighted by Crippen LogP contribution is -2.35. The molecule has 0 saturated carbocycles. The van der Waals surface area contributed by atoms with Gasteiger partial charge in [-0.2, -0.15) is 4.31 Å². The molecule has 1 N–H and O–H groups in total. The van der Waals surface area contributed by atoms with Crippen molar-refractivity contribution < 1.29 is 18.0 Å². The molecule has 0 atom stereocenters. The van der Waals surface area contributed by atoms with Crippen molar-refractivity contribution in [3.63, 3.8) is 0 Å². The highest BCUT2D eigenvalue weighted by molar-refractivity contribution is 7.89. The topological polar surface area (TPSA) is 88.1 Å². The molecule has 154 valence electrons. The van der Waals surface area contributed by atoms with E-state index in [0.29, 0.717) is 18.8 Å². The van der Waals surface area contributed by atoms with Crippen molar-refractivity contribution in [2.24, 2.45) is 5.16 Å². The highest BCUT2D eigenvalue weighted by Crippen LogP contribution is 2.22. The number of benzene rings is 2. The van der Waals surface area contributed by atoms with E-state index >= 15 is 0 Å². The highest BCUT2D eigenvalue weighted by atomic mass is 32.2. The van der Waals surface area contributed by atoms with Crippen molar-refractivity contribution in [1.29, 1.82) is 0 Å². The maximum Gasteiger partial charge on any atom is 0.265 e. The third-order valence-corrected chi connectivity index (χ3v) is 6.62. The van der Waals surface area contributed by atoms with Crippen LogP contribution in [0.15, 0.2) is 58.6 Å². The summed E-state index contributed by atoms with van der Waals surface area (Å²) in [5.41, 5.74) is 2.36. The normalized spacial score (nSPS) is 15.3. The average Bonchev–Trinajstić information content (AvgIpc) is 2.73. The number of anilines is 1. The number of carbonyl (C=O) groups is 1. The zero-order valence-corrected chi connectivity index (χ0v) is 17.2. The van der Waals surface area contributed by atoms with Gasteiger partial charge in [-0.1, -0.05) is 41.9 Å². The fourth-order valence-corrected chi connectivity index (χ4v) is 4.67. The quantitative estimate of drug-likeness (QED) is 0.556. The molecule has 1 saturated heterocycles. The molecule has 0 spiro atoms. The minimum absolute atomic E-state index is 0.177. The summed E-state index contributed by atoms with van der Waals surface area (Å²) in [5, 5.41) is 6.46. The molecule has 3 rings (SSSR count). The number of amides is 1. The van der Waals surface area contributed by atoms with Gasteiger partial charge in [0, 0.05) is 18.8 Å². The first kappa shape index (κ1) is 21.0. The Kier molecular flexibility index (Phi) is 7.00. The Bertz CT molecular complexity index is 983. The number of hydrogen-bond acceptors (Lipinski definition) is 5. The number of nitrogens with zero attached hydrogens (tertiary/aromatic N) is 2. The molecule has 1 aliphatic heterocycles. The molecule has 1 heterocycles. The molecular weight excluding hydrogens is 390 g/mol. The summed E-state index contributed by atoms with van der Waals surface area (Å²) in [7, 11) is -3.55. The van der Waals surface area contributed by atoms with Gasteiger partial charge in [-0.15, -0.1) is 0 Å². The summed E-state index contributed by atoms with van der Waals surface area (Å²) < 4.78 is 27.0. The van der Waals surface area contributed by atoms with Crippen LogP contribution in [0.25, 0.3) is 0 Å². The van der Waals surface area contributed by atoms with Crippen LogP contribution in [-0.2, 0) is 19.7 Å². The predicted octanol–water partition coefficient (Wildman–Crippen LogP) is 3.16. The monoisotopic (exact) mass is 415 g/mol. The van der Waals surface area contributed by atoms with Crippen molar-refractivity contribution in [1.82, 2.24) is 4.31 Å². The lowest BCUT2D eigenvalue weighted by Gasteiger charge is -2.26. The molecule has 0 aliphatic carbocycles. The third-order valence-electron chi connectivity index (χ3n) is 4.72. The Morgan fingerprint density at radius 3 is 2.66 bits per heavy atom. The number of oxime groups is 1. The van der Waals surface area contributed by atoms with Crippen molar-refractivity contribution in [2.45, 2.75) is 31.1 Å². The van der Waals surface area contributed by atoms with Crippen molar-refractivity contribution in [3.8, 4) is 0 Å². The zero-order chi connectivity index (χ0) is 20.7. The Morgan fingerprint density at radius 2 is 1.90 bits per heavy atom. The lowest BCUT2D eigenvalue weighted by molar-refractivity contribution is -0.120. The van der Waals surface area contributed by atoms with E-state index in [-0.39, 0.29) is 11.5 Å². The van der Waals surface area contributed by atoms with E-state index in [2.05, 4.69) is 10.5 Å². The highest BCUT2D eigenvalue weighted by Gasteiger charge is 2.26. The van der Waals surface area contributed by atoms with Crippen LogP contribution in [0, 0.1) is 6.92 Å². The van der Waals surface area contributed by atoms with E-state index in [1.54, 1.807) is 24.4 Å². The van der Waals surface area contributed by atoms with E-state index in [1.807, 2.05) is 31.2 Å². The second-order valence-electron chi connectivity index (χ2n) is 6.91. The van der Waals surface area contributed by atoms with Gasteiger partial charge in [0.1, 0.15) is 0 Å². The molecule has 2 aromatic rings. The fraction of sp³-hybridized carbons (Fsp3) is 0.333. The maximum atomic E-state index is 12.8. The van der Waals surface area contributed by atoms with Gasteiger partial charge in [0.25, 0.3) is 5.91 Å². The molecule has 0 radical (unpaired) electrons. The van der Waals surface area contributed by atoms with E-state index in [0.717, 1.165) is 30.4 Å². The zero-order valence-electron chi connectivity index (χ0n) is 16.4. The van der Waals surface area contributed by atoms with Crippen molar-refractivity contribution in [2.75, 3.05) is 25.0 Å². The maximum absolute atomic E-state index is 12.8. The first-order chi connectivity index (χ1) is 14.0. The van der Waals surface area contributed by atoms with Crippen LogP contribution in [0.1, 0.15) is 30.4 Å². The van der Waals surface area contributed by atoms with E-state index in [9.17, 15) is 13.2 Å². The van der Waals surface area contributed by atoms with E-state index in [4.69, 9.17) is 4.84 Å². The van der Waals surface area contributed by atoms with Crippen LogP contribution in [-0.4, -0.2) is 44.5 Å². The van der Waals surface area contributed by atoms with Crippen LogP contribution in [0.2, 0.25) is 0 Å². The number of carbonyl (C=O) groups excluding carboxylic acids is 1. The second-order valence-corrected chi connectivity index (χ2v) is 8.84. The van der Waals surface area contributed by atoms with Gasteiger partial charge in [0.2, 0.25) is 10.0 Å². The minimum Gasteiger partial charge on any atom is -0.386 e. The number of hydrogen-bond donors (Lipinski definition) is 1. The van der Waals surface area contributed by atoms with Gasteiger partial charge in [0.15, 0.2) is 6.61 Å². The van der Waals surface area contributed by atoms with Gasteiger partial charge in [-0.25, -0.2) is 8.42 Å². The number of aryl methyl sites for hydroxylation is 1. The van der Waals surface area contributed by atoms with E-state index in [1.165, 1.54) is 10.4 Å². The minimum atomic E-state index is -3.55. The van der Waals surface area contributed by atoms with Crippen LogP contribution in [0.4, 0.5) is 5.69 Å². The number of piperidine rings is 1. The molecule has 1 amide bonds. The summed E-state index contributed by atoms with van der Waals surface area (Å²) in [6, 6.07) is 14.0. The molecule has 0 unspecified atom stereocenters. The largest absolute Gasteiger partial charge is 0.386 e. The molecular formula is C21H25N3O4S. The molecule has 0 aromatic heterocycles. The molecule has 7 nitrogen and oxygen atoms in total. The molecule has 1 aliphatic rings. The van der Waals surface area contributed by atoms with Gasteiger partial charge in [-0.05, 0) is 49.1 Å². The molecule has 2 aromatic carbocycles. The molecule has 8 heteroatoms. The molecule has 29 heavy (non-hydrogen) atoms. The molecule has 1 fully saturated rings. The van der Waals surface area contributed by atoms with Crippen molar-refractivity contribution >= 4 is 27.8 Å². The summed E-state index contributed by atoms with van der Waals surface area (Å²) >= 11 is 0. The third kappa shape index (κ3) is 5.65. The summed E-state index contributed by atoms with van der Waals surface area (Å²) in [5.74, 6) is -0.417. The summed E-state index contributed by atoms with van der Waals surface area (Å²) in [6.07, 6.45) is 4.34. The number of nitrogens with one attached hydrogen (secondary N) is 1. The standard InChI is InChI=1S/C21H25N3O4S/c1-17-8-3-4-9-18(17)15-22-28-16-21(25)23-19-10-7-11-20(14-19)29(26,27)24-12-5-2-6-13-24/h3-4,7-11,14-15H,2,5-6,12-13,16H2,1H3,(H,23,25)/b22-15-. The molecule has 0 bridgehead atoms. The van der Waals surface area contributed by atoms with Gasteiger partial charge in [0.05, 0.1) is 11.1 Å². The van der Waals surface area contributed by atoms with Crippen molar-refractivity contribution in [3.05, 3.63) is 59.7 Å². The Balaban J connectivity index is 1.57. The van der Waals surface area contributed by atoms with Crippen LogP contribution in [0.3, 0.4) is 0 Å². The SMILES string of the molecule is Cc1ccccc1/C=N\OCC(=O)Nc1cccc(S(=O)(=O)N2CCCCC2)c1. The van der Waals surface area contributed by atoms with Gasteiger partial charge < -0.3 is 10.2 Å². The van der Waals surface area contributed by atoms with Gasteiger partial charge >= 0.3 is 0 Å². The number of rotatable bonds is 7. The first-order valence-electron chi connectivity index (χ1n) is 9.58. The smallest absolute Gasteiger partial charge is 0.265 e. The van der Waals surface area contributed by atoms with Crippen LogP contribution in [0.5, 0.6) is 0 Å². The fourth-order valence-electron chi connectivity index (χ4n) is 3.11. The summed E-state index contributed by atoms with van der Waals surface area (Å²) in [4.78, 5) is 17.3. The Labute approximate surface area is 171 Å². The summed E-state index contributed by atoms with van der Waals surface area (Å²) in [6.45, 7) is 2.75. The lowest BCUT2D eigenvalue weighted by atomic mass is 10.1. The van der Waals surface area contributed by atoms with E-state index < -0.39 is 15.9 Å². The Morgan fingerprint density at radius 1 is 1.14 bits per heavy atom.